The van der Waals surface area contributed by atoms with Crippen LogP contribution in [0.1, 0.15) is 24.2 Å². The molecule has 0 bridgehead atoms. The minimum atomic E-state index is -0.182. The van der Waals surface area contributed by atoms with Crippen molar-refractivity contribution in [3.63, 3.8) is 0 Å². The van der Waals surface area contributed by atoms with E-state index in [1.54, 1.807) is 44.4 Å². The van der Waals surface area contributed by atoms with E-state index in [-0.39, 0.29) is 24.5 Å². The lowest BCUT2D eigenvalue weighted by molar-refractivity contribution is -0.114. The van der Waals surface area contributed by atoms with Gasteiger partial charge in [-0.05, 0) is 50.2 Å². The van der Waals surface area contributed by atoms with Crippen LogP contribution in [0, 0.1) is 0 Å². The summed E-state index contributed by atoms with van der Waals surface area (Å²) in [5.41, 5.74) is 2.01. The Morgan fingerprint density at radius 1 is 1.04 bits per heavy atom. The molecule has 2 rings (SSSR count). The first-order valence-electron chi connectivity index (χ1n) is 8.48. The number of hydrogen-bond donors (Lipinski definition) is 2. The van der Waals surface area contributed by atoms with Crippen LogP contribution in [0.15, 0.2) is 48.5 Å². The van der Waals surface area contributed by atoms with Crippen LogP contribution < -0.4 is 15.4 Å². The number of benzene rings is 2. The van der Waals surface area contributed by atoms with Crippen molar-refractivity contribution in [2.75, 3.05) is 31.3 Å². The molecule has 138 valence electrons. The lowest BCUT2D eigenvalue weighted by atomic mass is 10.2. The summed E-state index contributed by atoms with van der Waals surface area (Å²) in [5, 5.41) is 5.89. The van der Waals surface area contributed by atoms with E-state index < -0.39 is 0 Å². The van der Waals surface area contributed by atoms with Gasteiger partial charge in [-0.1, -0.05) is 12.1 Å². The number of amides is 2. The van der Waals surface area contributed by atoms with Gasteiger partial charge in [0.25, 0.3) is 5.91 Å². The Kier molecular flexibility index (Phi) is 6.60. The van der Waals surface area contributed by atoms with Crippen LogP contribution in [-0.2, 0) is 4.79 Å². The Balaban J connectivity index is 1.92. The lowest BCUT2D eigenvalue weighted by Gasteiger charge is -2.15. The Hall–Kier alpha value is -3.02. The highest BCUT2D eigenvalue weighted by atomic mass is 16.5. The summed E-state index contributed by atoms with van der Waals surface area (Å²) in [6.07, 6.45) is 0.0227. The van der Waals surface area contributed by atoms with E-state index in [0.717, 1.165) is 5.69 Å². The minimum absolute atomic E-state index is 0.0227. The SMILES string of the molecule is CC(C)Oc1ccccc1NC(=O)CNc1ccc(C(=O)N(C)C)cc1. The molecule has 0 aliphatic rings. The molecule has 6 heteroatoms. The van der Waals surface area contributed by atoms with Gasteiger partial charge >= 0.3 is 0 Å². The van der Waals surface area contributed by atoms with Crippen molar-refractivity contribution >= 4 is 23.2 Å². The highest BCUT2D eigenvalue weighted by molar-refractivity contribution is 5.96. The van der Waals surface area contributed by atoms with Crippen molar-refractivity contribution in [3.8, 4) is 5.75 Å². The second kappa shape index (κ2) is 8.89. The highest BCUT2D eigenvalue weighted by Crippen LogP contribution is 2.24. The zero-order valence-corrected chi connectivity index (χ0v) is 15.6. The first-order valence-corrected chi connectivity index (χ1v) is 8.48. The molecule has 0 saturated carbocycles. The second-order valence-corrected chi connectivity index (χ2v) is 6.34. The van der Waals surface area contributed by atoms with Crippen molar-refractivity contribution in [2.45, 2.75) is 20.0 Å². The van der Waals surface area contributed by atoms with Crippen molar-refractivity contribution < 1.29 is 14.3 Å². The standard InChI is InChI=1S/C20H25N3O3/c1-14(2)26-18-8-6-5-7-17(18)22-19(24)13-21-16-11-9-15(10-12-16)20(25)23(3)4/h5-12,14,21H,13H2,1-4H3,(H,22,24). The van der Waals surface area contributed by atoms with Crippen molar-refractivity contribution in [1.82, 2.24) is 4.90 Å². The molecule has 0 radical (unpaired) electrons. The predicted octanol–water partition coefficient (Wildman–Crippen LogP) is 3.23. The topological polar surface area (TPSA) is 70.7 Å². The number of rotatable bonds is 7. The second-order valence-electron chi connectivity index (χ2n) is 6.34. The number of nitrogens with zero attached hydrogens (tertiary/aromatic N) is 1. The molecule has 2 N–H and O–H groups in total. The molecule has 0 aliphatic carbocycles. The summed E-state index contributed by atoms with van der Waals surface area (Å²) in [7, 11) is 3.42. The van der Waals surface area contributed by atoms with Gasteiger partial charge in [0.2, 0.25) is 5.91 Å². The van der Waals surface area contributed by atoms with Gasteiger partial charge in [0.05, 0.1) is 18.3 Å². The minimum Gasteiger partial charge on any atom is -0.489 e. The maximum atomic E-state index is 12.2. The Bertz CT molecular complexity index is 755. The molecular formula is C20H25N3O3. The highest BCUT2D eigenvalue weighted by Gasteiger charge is 2.10. The molecule has 2 aromatic carbocycles. The molecule has 2 amide bonds. The van der Waals surface area contributed by atoms with Gasteiger partial charge in [-0.2, -0.15) is 0 Å². The first-order chi connectivity index (χ1) is 12.4. The zero-order valence-electron chi connectivity index (χ0n) is 15.6. The largest absolute Gasteiger partial charge is 0.489 e. The van der Waals surface area contributed by atoms with Crippen LogP contribution in [0.25, 0.3) is 0 Å². The van der Waals surface area contributed by atoms with Crippen molar-refractivity contribution in [1.29, 1.82) is 0 Å². The van der Waals surface area contributed by atoms with E-state index in [1.807, 2.05) is 32.0 Å². The van der Waals surface area contributed by atoms with Crippen molar-refractivity contribution in [2.24, 2.45) is 0 Å². The quantitative estimate of drug-likeness (QED) is 0.800. The molecule has 6 nitrogen and oxygen atoms in total. The number of carbonyl (C=O) groups is 2. The molecule has 0 heterocycles. The fourth-order valence-corrected chi connectivity index (χ4v) is 2.29. The summed E-state index contributed by atoms with van der Waals surface area (Å²) >= 11 is 0. The molecular weight excluding hydrogens is 330 g/mol. The van der Waals surface area contributed by atoms with Crippen LogP contribution in [0.4, 0.5) is 11.4 Å². The van der Waals surface area contributed by atoms with Crippen LogP contribution in [0.2, 0.25) is 0 Å². The summed E-state index contributed by atoms with van der Waals surface area (Å²) in [5.74, 6) is 0.400. The van der Waals surface area contributed by atoms with Crippen molar-refractivity contribution in [3.05, 3.63) is 54.1 Å². The third-order valence-electron chi connectivity index (χ3n) is 3.51. The smallest absolute Gasteiger partial charge is 0.253 e. The van der Waals surface area contributed by atoms with E-state index >= 15 is 0 Å². The van der Waals surface area contributed by atoms with Crippen LogP contribution >= 0.6 is 0 Å². The average Bonchev–Trinajstić information content (AvgIpc) is 2.61. The summed E-state index contributed by atoms with van der Waals surface area (Å²) < 4.78 is 5.69. The number of ether oxygens (including phenoxy) is 1. The molecule has 0 fully saturated rings. The fraction of sp³-hybridized carbons (Fsp3) is 0.300. The van der Waals surface area contributed by atoms with E-state index in [0.29, 0.717) is 17.0 Å². The van der Waals surface area contributed by atoms with Gasteiger partial charge in [-0.3, -0.25) is 9.59 Å². The number of carbonyl (C=O) groups excluding carboxylic acids is 2. The third-order valence-corrected chi connectivity index (χ3v) is 3.51. The lowest BCUT2D eigenvalue weighted by Crippen LogP contribution is -2.23. The van der Waals surface area contributed by atoms with Gasteiger partial charge in [0.15, 0.2) is 0 Å². The number of para-hydroxylation sites is 2. The molecule has 0 aromatic heterocycles. The molecule has 0 atom stereocenters. The maximum Gasteiger partial charge on any atom is 0.253 e. The zero-order chi connectivity index (χ0) is 19.1. The Morgan fingerprint density at radius 3 is 2.31 bits per heavy atom. The normalized spacial score (nSPS) is 10.3. The Labute approximate surface area is 154 Å². The summed E-state index contributed by atoms with van der Waals surface area (Å²) in [6.45, 7) is 3.98. The third kappa shape index (κ3) is 5.51. The van der Waals surface area contributed by atoms with E-state index in [1.165, 1.54) is 4.90 Å². The Morgan fingerprint density at radius 2 is 1.69 bits per heavy atom. The first kappa shape index (κ1) is 19.3. The number of hydrogen-bond acceptors (Lipinski definition) is 4. The number of nitrogens with one attached hydrogen (secondary N) is 2. The summed E-state index contributed by atoms with van der Waals surface area (Å²) in [4.78, 5) is 25.6. The van der Waals surface area contributed by atoms with Gasteiger partial charge < -0.3 is 20.3 Å². The van der Waals surface area contributed by atoms with Crippen LogP contribution in [0.3, 0.4) is 0 Å². The monoisotopic (exact) mass is 355 g/mol. The molecule has 0 saturated heterocycles. The molecule has 0 spiro atoms. The molecule has 2 aromatic rings. The van der Waals surface area contributed by atoms with Crippen LogP contribution in [0.5, 0.6) is 5.75 Å². The average molecular weight is 355 g/mol. The number of anilines is 2. The van der Waals surface area contributed by atoms with E-state index in [4.69, 9.17) is 4.74 Å². The van der Waals surface area contributed by atoms with Gasteiger partial charge in [0.1, 0.15) is 5.75 Å². The maximum absolute atomic E-state index is 12.2. The predicted molar refractivity (Wildman–Crippen MR) is 104 cm³/mol. The molecule has 26 heavy (non-hydrogen) atoms. The van der Waals surface area contributed by atoms with Gasteiger partial charge in [0, 0.05) is 25.3 Å². The molecule has 0 aliphatic heterocycles. The molecule has 0 unspecified atom stereocenters. The van der Waals surface area contributed by atoms with E-state index in [9.17, 15) is 9.59 Å². The van der Waals surface area contributed by atoms with Crippen LogP contribution in [-0.4, -0.2) is 43.5 Å². The summed E-state index contributed by atoms with van der Waals surface area (Å²) in [6, 6.07) is 14.3. The fourth-order valence-electron chi connectivity index (χ4n) is 2.29. The van der Waals surface area contributed by atoms with Gasteiger partial charge in [-0.25, -0.2) is 0 Å². The van der Waals surface area contributed by atoms with Gasteiger partial charge in [-0.15, -0.1) is 0 Å². The van der Waals surface area contributed by atoms with E-state index in [2.05, 4.69) is 10.6 Å².